The van der Waals surface area contributed by atoms with E-state index < -0.39 is 5.97 Å². The molecule has 0 saturated heterocycles. The predicted octanol–water partition coefficient (Wildman–Crippen LogP) is 1.25. The van der Waals surface area contributed by atoms with E-state index in [4.69, 9.17) is 21.8 Å². The molecule has 0 aromatic heterocycles. The van der Waals surface area contributed by atoms with Crippen LogP contribution in [0.25, 0.3) is 0 Å². The fraction of sp³-hybridized carbons (Fsp3) is 0.333. The van der Waals surface area contributed by atoms with Crippen LogP contribution >= 0.6 is 11.6 Å². The minimum atomic E-state index is -0.989. The zero-order valence-corrected chi connectivity index (χ0v) is 10.4. The Morgan fingerprint density at radius 3 is 2.56 bits per heavy atom. The second kappa shape index (κ2) is 6.98. The molecule has 98 valence electrons. The molecule has 0 aliphatic heterocycles. The summed E-state index contributed by atoms with van der Waals surface area (Å²) in [6, 6.07) is 6.39. The Morgan fingerprint density at radius 2 is 2.00 bits per heavy atom. The minimum absolute atomic E-state index is 0.0568. The number of aliphatic carboxylic acids is 1. The predicted molar refractivity (Wildman–Crippen MR) is 66.7 cm³/mol. The summed E-state index contributed by atoms with van der Waals surface area (Å²) >= 11 is 5.78. The fourth-order valence-corrected chi connectivity index (χ4v) is 1.66. The summed E-state index contributed by atoms with van der Waals surface area (Å²) in [4.78, 5) is 23.9. The molecule has 0 aliphatic carbocycles. The molecule has 5 nitrogen and oxygen atoms in total. The van der Waals surface area contributed by atoms with E-state index in [2.05, 4.69) is 0 Å². The second-order valence-electron chi connectivity index (χ2n) is 3.67. The topological polar surface area (TPSA) is 77.8 Å². The maximum absolute atomic E-state index is 12.1. The van der Waals surface area contributed by atoms with E-state index in [1.807, 2.05) is 0 Å². The summed E-state index contributed by atoms with van der Waals surface area (Å²) in [6.45, 7) is -0.0637. The lowest BCUT2D eigenvalue weighted by atomic mass is 10.2. The maximum Gasteiger partial charge on any atom is 0.305 e. The number of carboxylic acid groups (broad SMARTS) is 1. The third-order valence-electron chi connectivity index (χ3n) is 2.32. The van der Waals surface area contributed by atoms with Gasteiger partial charge in [-0.15, -0.1) is 0 Å². The first kappa shape index (κ1) is 14.5. The first-order chi connectivity index (χ1) is 8.54. The molecule has 0 saturated carbocycles. The van der Waals surface area contributed by atoms with Crippen molar-refractivity contribution in [3.63, 3.8) is 0 Å². The number of benzene rings is 1. The fourth-order valence-electron chi connectivity index (χ4n) is 1.47. The van der Waals surface area contributed by atoms with Crippen LogP contribution in [0.1, 0.15) is 16.8 Å². The average molecular weight is 272 g/mol. The molecule has 1 amide bonds. The molecule has 0 radical (unpaired) electrons. The van der Waals surface area contributed by atoms with Crippen molar-refractivity contribution < 1.29 is 19.8 Å². The van der Waals surface area contributed by atoms with Crippen molar-refractivity contribution in [1.29, 1.82) is 0 Å². The molecule has 0 bridgehead atoms. The molecule has 0 heterocycles. The largest absolute Gasteiger partial charge is 0.481 e. The number of hydrogen-bond acceptors (Lipinski definition) is 3. The van der Waals surface area contributed by atoms with Crippen molar-refractivity contribution in [3.05, 3.63) is 34.9 Å². The van der Waals surface area contributed by atoms with Crippen LogP contribution < -0.4 is 0 Å². The van der Waals surface area contributed by atoms with Crippen LogP contribution in [0.2, 0.25) is 5.02 Å². The molecule has 1 aromatic carbocycles. The van der Waals surface area contributed by atoms with Crippen LogP contribution in [-0.2, 0) is 4.79 Å². The van der Waals surface area contributed by atoms with Gasteiger partial charge in [0, 0.05) is 23.7 Å². The molecule has 0 spiro atoms. The molecule has 1 rings (SSSR count). The van der Waals surface area contributed by atoms with Gasteiger partial charge in [0.15, 0.2) is 0 Å². The molecule has 6 heteroatoms. The molecular formula is C12H14ClNO4. The molecule has 2 N–H and O–H groups in total. The lowest BCUT2D eigenvalue weighted by molar-refractivity contribution is -0.137. The number of hydrogen-bond donors (Lipinski definition) is 2. The molecular weight excluding hydrogens is 258 g/mol. The molecule has 0 unspecified atom stereocenters. The van der Waals surface area contributed by atoms with Crippen molar-refractivity contribution in [1.82, 2.24) is 4.90 Å². The number of amides is 1. The van der Waals surface area contributed by atoms with Crippen molar-refractivity contribution in [2.45, 2.75) is 6.42 Å². The number of carboxylic acids is 1. The number of aliphatic hydroxyl groups is 1. The molecule has 1 aromatic rings. The third-order valence-corrected chi connectivity index (χ3v) is 2.56. The lowest BCUT2D eigenvalue weighted by Crippen LogP contribution is -2.35. The smallest absolute Gasteiger partial charge is 0.305 e. The Morgan fingerprint density at radius 1 is 1.28 bits per heavy atom. The van der Waals surface area contributed by atoms with Crippen LogP contribution in [0.5, 0.6) is 0 Å². The molecule has 0 atom stereocenters. The highest BCUT2D eigenvalue weighted by atomic mass is 35.5. The first-order valence-corrected chi connectivity index (χ1v) is 5.80. The second-order valence-corrected chi connectivity index (χ2v) is 4.11. The summed E-state index contributed by atoms with van der Waals surface area (Å²) in [7, 11) is 0. The maximum atomic E-state index is 12.1. The highest BCUT2D eigenvalue weighted by Gasteiger charge is 2.16. The van der Waals surface area contributed by atoms with Crippen molar-refractivity contribution >= 4 is 23.5 Å². The van der Waals surface area contributed by atoms with Crippen molar-refractivity contribution in [3.8, 4) is 0 Å². The number of halogens is 1. The number of carbonyl (C=O) groups excluding carboxylic acids is 1. The summed E-state index contributed by atoms with van der Waals surface area (Å²) in [5.74, 6) is -1.33. The van der Waals surface area contributed by atoms with Gasteiger partial charge in [-0.25, -0.2) is 0 Å². The number of nitrogens with zero attached hydrogens (tertiary/aromatic N) is 1. The van der Waals surface area contributed by atoms with Gasteiger partial charge in [0.1, 0.15) is 0 Å². The highest BCUT2D eigenvalue weighted by molar-refractivity contribution is 6.30. The number of aliphatic hydroxyl groups excluding tert-OH is 1. The van der Waals surface area contributed by atoms with Gasteiger partial charge < -0.3 is 15.1 Å². The number of carbonyl (C=O) groups is 2. The van der Waals surface area contributed by atoms with Gasteiger partial charge >= 0.3 is 5.97 Å². The van der Waals surface area contributed by atoms with E-state index in [1.165, 1.54) is 11.0 Å². The van der Waals surface area contributed by atoms with Crippen molar-refractivity contribution in [2.24, 2.45) is 0 Å². The summed E-state index contributed by atoms with van der Waals surface area (Å²) in [5, 5.41) is 17.9. The van der Waals surface area contributed by atoms with E-state index in [0.29, 0.717) is 10.6 Å². The van der Waals surface area contributed by atoms with E-state index in [1.54, 1.807) is 18.2 Å². The standard InChI is InChI=1S/C12H14ClNO4/c13-10-3-1-2-9(8-10)12(18)14(6-7-15)5-4-11(16)17/h1-3,8,15H,4-7H2,(H,16,17). The quantitative estimate of drug-likeness (QED) is 0.816. The summed E-state index contributed by atoms with van der Waals surface area (Å²) in [5.41, 5.74) is 0.376. The van der Waals surface area contributed by atoms with E-state index in [0.717, 1.165) is 0 Å². The normalized spacial score (nSPS) is 10.1. The molecule has 18 heavy (non-hydrogen) atoms. The van der Waals surface area contributed by atoms with Crippen LogP contribution in [0.15, 0.2) is 24.3 Å². The Balaban J connectivity index is 2.78. The molecule has 0 fully saturated rings. The Hall–Kier alpha value is -1.59. The Bertz CT molecular complexity index is 436. The van der Waals surface area contributed by atoms with Crippen LogP contribution in [0, 0.1) is 0 Å². The minimum Gasteiger partial charge on any atom is -0.481 e. The third kappa shape index (κ3) is 4.35. The monoisotopic (exact) mass is 271 g/mol. The first-order valence-electron chi connectivity index (χ1n) is 5.42. The number of rotatable bonds is 6. The van der Waals surface area contributed by atoms with Gasteiger partial charge in [-0.1, -0.05) is 17.7 Å². The zero-order chi connectivity index (χ0) is 13.5. The Labute approximate surface area is 110 Å². The van der Waals surface area contributed by atoms with E-state index >= 15 is 0 Å². The van der Waals surface area contributed by atoms with Crippen LogP contribution in [0.3, 0.4) is 0 Å². The SMILES string of the molecule is O=C(O)CCN(CCO)C(=O)c1cccc(Cl)c1. The van der Waals surface area contributed by atoms with Gasteiger partial charge in [-0.3, -0.25) is 9.59 Å². The lowest BCUT2D eigenvalue weighted by Gasteiger charge is -2.21. The van der Waals surface area contributed by atoms with Gasteiger partial charge in [0.25, 0.3) is 5.91 Å². The van der Waals surface area contributed by atoms with Gasteiger partial charge in [0.05, 0.1) is 13.0 Å². The van der Waals surface area contributed by atoms with Gasteiger partial charge in [-0.05, 0) is 18.2 Å². The highest BCUT2D eigenvalue weighted by Crippen LogP contribution is 2.13. The van der Waals surface area contributed by atoms with Crippen LogP contribution in [-0.4, -0.2) is 46.7 Å². The van der Waals surface area contributed by atoms with E-state index in [-0.39, 0.29) is 32.0 Å². The van der Waals surface area contributed by atoms with Gasteiger partial charge in [0.2, 0.25) is 0 Å². The zero-order valence-electron chi connectivity index (χ0n) is 9.67. The average Bonchev–Trinajstić information content (AvgIpc) is 2.33. The Kier molecular flexibility index (Phi) is 5.61. The van der Waals surface area contributed by atoms with Crippen molar-refractivity contribution in [2.75, 3.05) is 19.7 Å². The summed E-state index contributed by atoms with van der Waals surface area (Å²) < 4.78 is 0. The summed E-state index contributed by atoms with van der Waals surface area (Å²) in [6.07, 6.45) is -0.160. The van der Waals surface area contributed by atoms with Gasteiger partial charge in [-0.2, -0.15) is 0 Å². The van der Waals surface area contributed by atoms with Crippen LogP contribution in [0.4, 0.5) is 0 Å². The molecule has 0 aliphatic rings. The van der Waals surface area contributed by atoms with E-state index in [9.17, 15) is 9.59 Å².